The highest BCUT2D eigenvalue weighted by Crippen LogP contribution is 2.53. The fourth-order valence-corrected chi connectivity index (χ4v) is 6.09. The predicted octanol–water partition coefficient (Wildman–Crippen LogP) is 6.31. The summed E-state index contributed by atoms with van der Waals surface area (Å²) >= 11 is 0. The maximum absolute atomic E-state index is 3.95. The van der Waals surface area contributed by atoms with Crippen LogP contribution in [0.15, 0.2) is 23.3 Å². The standard InChI is InChI=1S/C24H42N2.2ClH/c1-5-23(11-18(4)8-6-7-17(2)3)25-9-10-26-24-21-13-19-12-20(15-21)16-22(24)14-19;;/h7,11,19-26H,5-6,8-10,12-16H2,1-4H3;2*1H/b18-11+;;. The van der Waals surface area contributed by atoms with Gasteiger partial charge in [0.25, 0.3) is 0 Å². The molecule has 164 valence electrons. The first-order chi connectivity index (χ1) is 12.5. The average Bonchev–Trinajstić information content (AvgIpc) is 2.58. The van der Waals surface area contributed by atoms with Crippen molar-refractivity contribution in [3.8, 4) is 0 Å². The zero-order valence-electron chi connectivity index (χ0n) is 18.5. The van der Waals surface area contributed by atoms with Gasteiger partial charge in [0.15, 0.2) is 0 Å². The van der Waals surface area contributed by atoms with Crippen molar-refractivity contribution in [3.05, 3.63) is 23.3 Å². The molecule has 4 fully saturated rings. The van der Waals surface area contributed by atoms with Crippen molar-refractivity contribution >= 4 is 24.8 Å². The van der Waals surface area contributed by atoms with E-state index in [0.29, 0.717) is 6.04 Å². The number of hydrogen-bond donors (Lipinski definition) is 2. The smallest absolute Gasteiger partial charge is 0.0250 e. The van der Waals surface area contributed by atoms with E-state index in [0.717, 1.165) is 42.8 Å². The van der Waals surface area contributed by atoms with Crippen LogP contribution in [-0.4, -0.2) is 25.2 Å². The van der Waals surface area contributed by atoms with Crippen LogP contribution in [0.4, 0.5) is 0 Å². The van der Waals surface area contributed by atoms with Gasteiger partial charge in [-0.2, -0.15) is 0 Å². The van der Waals surface area contributed by atoms with Gasteiger partial charge in [0.1, 0.15) is 0 Å². The molecule has 0 saturated heterocycles. The van der Waals surface area contributed by atoms with Crippen LogP contribution in [0.3, 0.4) is 0 Å². The van der Waals surface area contributed by atoms with Crippen molar-refractivity contribution in [3.63, 3.8) is 0 Å². The lowest BCUT2D eigenvalue weighted by Gasteiger charge is -2.54. The molecule has 0 aliphatic heterocycles. The molecule has 4 aliphatic rings. The molecule has 4 saturated carbocycles. The summed E-state index contributed by atoms with van der Waals surface area (Å²) in [6.45, 7) is 11.2. The second kappa shape index (κ2) is 12.6. The van der Waals surface area contributed by atoms with E-state index in [1.807, 2.05) is 0 Å². The first kappa shape index (κ1) is 26.0. The number of allylic oxidation sites excluding steroid dienone is 3. The third-order valence-corrected chi connectivity index (χ3v) is 7.16. The Balaban J connectivity index is 0.00000196. The molecule has 1 atom stereocenters. The van der Waals surface area contributed by atoms with Gasteiger partial charge in [0.2, 0.25) is 0 Å². The second-order valence-electron chi connectivity index (χ2n) is 9.71. The van der Waals surface area contributed by atoms with Crippen molar-refractivity contribution in [2.75, 3.05) is 13.1 Å². The summed E-state index contributed by atoms with van der Waals surface area (Å²) < 4.78 is 0. The van der Waals surface area contributed by atoms with Crippen molar-refractivity contribution in [2.24, 2.45) is 23.7 Å². The molecule has 0 amide bonds. The summed E-state index contributed by atoms with van der Waals surface area (Å²) in [5.74, 6) is 4.14. The molecule has 0 heterocycles. The molecule has 1 unspecified atom stereocenters. The maximum atomic E-state index is 3.95. The van der Waals surface area contributed by atoms with Gasteiger partial charge in [-0.3, -0.25) is 0 Å². The molecule has 4 rings (SSSR count). The summed E-state index contributed by atoms with van der Waals surface area (Å²) in [6.07, 6.45) is 16.0. The molecule has 2 N–H and O–H groups in total. The summed E-state index contributed by atoms with van der Waals surface area (Å²) in [5, 5.41) is 7.72. The average molecular weight is 432 g/mol. The summed E-state index contributed by atoms with van der Waals surface area (Å²) in [7, 11) is 0. The van der Waals surface area contributed by atoms with E-state index in [1.54, 1.807) is 6.42 Å². The van der Waals surface area contributed by atoms with Crippen LogP contribution in [0.2, 0.25) is 0 Å². The summed E-state index contributed by atoms with van der Waals surface area (Å²) in [4.78, 5) is 0. The van der Waals surface area contributed by atoms with E-state index in [4.69, 9.17) is 0 Å². The van der Waals surface area contributed by atoms with Crippen LogP contribution in [0.5, 0.6) is 0 Å². The Hall–Kier alpha value is -0.0200. The lowest BCUT2D eigenvalue weighted by atomic mass is 9.54. The predicted molar refractivity (Wildman–Crippen MR) is 128 cm³/mol. The van der Waals surface area contributed by atoms with Crippen LogP contribution in [0, 0.1) is 23.7 Å². The minimum absolute atomic E-state index is 0. The van der Waals surface area contributed by atoms with E-state index in [9.17, 15) is 0 Å². The van der Waals surface area contributed by atoms with Gasteiger partial charge in [-0.15, -0.1) is 24.8 Å². The van der Waals surface area contributed by atoms with Crippen LogP contribution in [0.25, 0.3) is 0 Å². The molecular weight excluding hydrogens is 387 g/mol. The zero-order valence-corrected chi connectivity index (χ0v) is 20.1. The van der Waals surface area contributed by atoms with Gasteiger partial charge in [0, 0.05) is 25.2 Å². The molecule has 0 aromatic rings. The van der Waals surface area contributed by atoms with E-state index < -0.39 is 0 Å². The molecule has 28 heavy (non-hydrogen) atoms. The van der Waals surface area contributed by atoms with Gasteiger partial charge < -0.3 is 10.6 Å². The Morgan fingerprint density at radius 1 is 0.929 bits per heavy atom. The highest BCUT2D eigenvalue weighted by molar-refractivity contribution is 5.85. The molecular formula is C24H44Cl2N2. The quantitative estimate of drug-likeness (QED) is 0.313. The van der Waals surface area contributed by atoms with Gasteiger partial charge in [0.05, 0.1) is 0 Å². The molecule has 0 aromatic carbocycles. The minimum atomic E-state index is 0. The Morgan fingerprint density at radius 2 is 1.54 bits per heavy atom. The monoisotopic (exact) mass is 430 g/mol. The van der Waals surface area contributed by atoms with Crippen LogP contribution >= 0.6 is 24.8 Å². The zero-order chi connectivity index (χ0) is 18.5. The van der Waals surface area contributed by atoms with Gasteiger partial charge in [-0.05, 0) is 95.8 Å². The lowest BCUT2D eigenvalue weighted by molar-refractivity contribution is -0.0133. The van der Waals surface area contributed by atoms with Gasteiger partial charge in [-0.25, -0.2) is 0 Å². The third kappa shape index (κ3) is 7.35. The summed E-state index contributed by atoms with van der Waals surface area (Å²) in [6, 6.07) is 1.35. The van der Waals surface area contributed by atoms with Crippen LogP contribution < -0.4 is 10.6 Å². The van der Waals surface area contributed by atoms with Crippen molar-refractivity contribution in [1.82, 2.24) is 10.6 Å². The Bertz CT molecular complexity index is 483. The highest BCUT2D eigenvalue weighted by Gasteiger charge is 2.47. The number of halogens is 2. The van der Waals surface area contributed by atoms with E-state index in [-0.39, 0.29) is 24.8 Å². The normalized spacial score (nSPS) is 31.7. The molecule has 4 heteroatoms. The molecule has 4 bridgehead atoms. The SMILES string of the molecule is CCC(/C=C(\C)CCC=C(C)C)NCCNC1C2CC3CC(C2)CC1C3.Cl.Cl. The largest absolute Gasteiger partial charge is 0.312 e. The molecule has 0 aromatic heterocycles. The molecule has 0 radical (unpaired) electrons. The van der Waals surface area contributed by atoms with Crippen LogP contribution in [0.1, 0.15) is 79.1 Å². The first-order valence-corrected chi connectivity index (χ1v) is 11.3. The molecule has 2 nitrogen and oxygen atoms in total. The van der Waals surface area contributed by atoms with Crippen molar-refractivity contribution in [2.45, 2.75) is 91.1 Å². The van der Waals surface area contributed by atoms with Gasteiger partial charge >= 0.3 is 0 Å². The lowest BCUT2D eigenvalue weighted by Crippen LogP contribution is -2.55. The van der Waals surface area contributed by atoms with E-state index in [2.05, 4.69) is 50.5 Å². The Morgan fingerprint density at radius 3 is 2.07 bits per heavy atom. The fourth-order valence-electron chi connectivity index (χ4n) is 6.09. The topological polar surface area (TPSA) is 24.1 Å². The maximum Gasteiger partial charge on any atom is 0.0250 e. The molecule has 4 aliphatic carbocycles. The fraction of sp³-hybridized carbons (Fsp3) is 0.833. The Kier molecular flexibility index (Phi) is 11.7. The third-order valence-electron chi connectivity index (χ3n) is 7.16. The van der Waals surface area contributed by atoms with Gasteiger partial charge in [-0.1, -0.05) is 30.2 Å². The van der Waals surface area contributed by atoms with E-state index >= 15 is 0 Å². The van der Waals surface area contributed by atoms with Crippen molar-refractivity contribution in [1.29, 1.82) is 0 Å². The number of hydrogen-bond acceptors (Lipinski definition) is 2. The molecule has 0 spiro atoms. The minimum Gasteiger partial charge on any atom is -0.312 e. The first-order valence-electron chi connectivity index (χ1n) is 11.3. The number of nitrogens with one attached hydrogen (secondary N) is 2. The highest BCUT2D eigenvalue weighted by atomic mass is 35.5. The van der Waals surface area contributed by atoms with E-state index in [1.165, 1.54) is 56.1 Å². The summed E-state index contributed by atoms with van der Waals surface area (Å²) in [5.41, 5.74) is 2.95. The van der Waals surface area contributed by atoms with Crippen LogP contribution in [-0.2, 0) is 0 Å². The van der Waals surface area contributed by atoms with Crippen molar-refractivity contribution < 1.29 is 0 Å². The Labute approximate surface area is 186 Å². The second-order valence-corrected chi connectivity index (χ2v) is 9.71. The number of rotatable bonds is 10.